The Morgan fingerprint density at radius 2 is 1.85 bits per heavy atom. The van der Waals surface area contributed by atoms with Gasteiger partial charge in [-0.3, -0.25) is 4.79 Å². The van der Waals surface area contributed by atoms with Crippen molar-refractivity contribution >= 4 is 17.7 Å². The van der Waals surface area contributed by atoms with E-state index >= 15 is 0 Å². The molecule has 1 aliphatic heterocycles. The largest absolute Gasteiger partial charge is 0.491 e. The van der Waals surface area contributed by atoms with E-state index in [1.54, 1.807) is 4.90 Å². The Morgan fingerprint density at radius 3 is 2.44 bits per heavy atom. The van der Waals surface area contributed by atoms with Gasteiger partial charge in [-0.1, -0.05) is 0 Å². The molecule has 2 rings (SSSR count). The second-order valence-corrected chi connectivity index (χ2v) is 6.90. The molecule has 1 fully saturated rings. The summed E-state index contributed by atoms with van der Waals surface area (Å²) in [7, 11) is 0. The quantitative estimate of drug-likeness (QED) is 0.728. The molecule has 0 saturated carbocycles. The number of hydrogen-bond donors (Lipinski definition) is 2. The van der Waals surface area contributed by atoms with Crippen LogP contribution in [-0.4, -0.2) is 55.3 Å². The summed E-state index contributed by atoms with van der Waals surface area (Å²) in [5, 5.41) is 6.29. The third-order valence-electron chi connectivity index (χ3n) is 4.32. The van der Waals surface area contributed by atoms with Crippen molar-refractivity contribution in [2.24, 2.45) is 0 Å². The molecule has 0 bridgehead atoms. The predicted octanol–water partition coefficient (Wildman–Crippen LogP) is 3.01. The Bertz CT molecular complexity index is 596. The SMILES string of the molecule is CCOC(=O)N1CCC(NCCC(=O)Nc2ccc(OC(C)C)cc2)CC1. The topological polar surface area (TPSA) is 79.9 Å². The summed E-state index contributed by atoms with van der Waals surface area (Å²) in [6.45, 7) is 8.16. The van der Waals surface area contributed by atoms with Gasteiger partial charge in [-0.05, 0) is 57.9 Å². The number of rotatable bonds is 8. The van der Waals surface area contributed by atoms with Gasteiger partial charge in [-0.2, -0.15) is 0 Å². The zero-order chi connectivity index (χ0) is 19.6. The average Bonchev–Trinajstić information content (AvgIpc) is 2.64. The molecule has 150 valence electrons. The number of nitrogens with zero attached hydrogens (tertiary/aromatic N) is 1. The number of amides is 2. The van der Waals surface area contributed by atoms with Crippen LogP contribution in [0.25, 0.3) is 0 Å². The summed E-state index contributed by atoms with van der Waals surface area (Å²) in [4.78, 5) is 25.5. The number of benzene rings is 1. The third kappa shape index (κ3) is 7.46. The van der Waals surface area contributed by atoms with Gasteiger partial charge in [-0.15, -0.1) is 0 Å². The van der Waals surface area contributed by atoms with Gasteiger partial charge in [0.2, 0.25) is 5.91 Å². The summed E-state index contributed by atoms with van der Waals surface area (Å²) < 4.78 is 10.6. The van der Waals surface area contributed by atoms with Gasteiger partial charge in [0.1, 0.15) is 5.75 Å². The van der Waals surface area contributed by atoms with Crippen molar-refractivity contribution in [3.8, 4) is 5.75 Å². The molecule has 0 unspecified atom stereocenters. The smallest absolute Gasteiger partial charge is 0.409 e. The number of carbonyl (C=O) groups is 2. The molecule has 0 radical (unpaired) electrons. The number of hydrogen-bond acceptors (Lipinski definition) is 5. The van der Waals surface area contributed by atoms with Crippen molar-refractivity contribution in [1.29, 1.82) is 0 Å². The van der Waals surface area contributed by atoms with Gasteiger partial charge in [0.05, 0.1) is 12.7 Å². The van der Waals surface area contributed by atoms with E-state index in [2.05, 4.69) is 10.6 Å². The fraction of sp³-hybridized carbons (Fsp3) is 0.600. The van der Waals surface area contributed by atoms with Crippen molar-refractivity contribution < 1.29 is 19.1 Å². The molecule has 1 aliphatic rings. The van der Waals surface area contributed by atoms with Crippen molar-refractivity contribution in [3.05, 3.63) is 24.3 Å². The molecule has 1 heterocycles. The molecule has 0 aliphatic carbocycles. The van der Waals surface area contributed by atoms with Crippen LogP contribution in [0.15, 0.2) is 24.3 Å². The van der Waals surface area contributed by atoms with Crippen LogP contribution < -0.4 is 15.4 Å². The Morgan fingerprint density at radius 1 is 1.19 bits per heavy atom. The van der Waals surface area contributed by atoms with Crippen molar-refractivity contribution in [2.45, 2.75) is 52.2 Å². The van der Waals surface area contributed by atoms with Gasteiger partial charge >= 0.3 is 6.09 Å². The minimum atomic E-state index is -0.236. The molecule has 0 spiro atoms. The van der Waals surface area contributed by atoms with E-state index in [4.69, 9.17) is 9.47 Å². The number of carbonyl (C=O) groups excluding carboxylic acids is 2. The minimum absolute atomic E-state index is 0.0241. The first-order valence-corrected chi connectivity index (χ1v) is 9.69. The van der Waals surface area contributed by atoms with Gasteiger partial charge in [-0.25, -0.2) is 4.79 Å². The van der Waals surface area contributed by atoms with E-state index in [1.165, 1.54) is 0 Å². The van der Waals surface area contributed by atoms with Crippen molar-refractivity contribution in [3.63, 3.8) is 0 Å². The molecule has 7 nitrogen and oxygen atoms in total. The lowest BCUT2D eigenvalue weighted by Gasteiger charge is -2.31. The highest BCUT2D eigenvalue weighted by atomic mass is 16.6. The number of likely N-dealkylation sites (tertiary alicyclic amines) is 1. The maximum atomic E-state index is 12.1. The van der Waals surface area contributed by atoms with Gasteiger partial charge in [0.25, 0.3) is 0 Å². The van der Waals surface area contributed by atoms with Gasteiger partial charge in [0, 0.05) is 37.8 Å². The summed E-state index contributed by atoms with van der Waals surface area (Å²) >= 11 is 0. The Kier molecular flexibility index (Phi) is 8.39. The highest BCUT2D eigenvalue weighted by molar-refractivity contribution is 5.90. The number of piperidine rings is 1. The van der Waals surface area contributed by atoms with E-state index in [9.17, 15) is 9.59 Å². The van der Waals surface area contributed by atoms with Crippen molar-refractivity contribution in [2.75, 3.05) is 31.6 Å². The molecule has 7 heteroatoms. The number of nitrogens with one attached hydrogen (secondary N) is 2. The lowest BCUT2D eigenvalue weighted by molar-refractivity contribution is -0.116. The van der Waals surface area contributed by atoms with E-state index in [-0.39, 0.29) is 18.1 Å². The molecule has 1 aromatic carbocycles. The van der Waals surface area contributed by atoms with E-state index in [0.29, 0.717) is 38.7 Å². The normalized spacial score (nSPS) is 14.9. The third-order valence-corrected chi connectivity index (χ3v) is 4.32. The number of anilines is 1. The summed E-state index contributed by atoms with van der Waals surface area (Å²) in [5.41, 5.74) is 0.763. The van der Waals surface area contributed by atoms with Crippen LogP contribution in [0.5, 0.6) is 5.75 Å². The molecule has 2 amide bonds. The highest BCUT2D eigenvalue weighted by Crippen LogP contribution is 2.17. The maximum Gasteiger partial charge on any atom is 0.409 e. The van der Waals surface area contributed by atoms with E-state index < -0.39 is 0 Å². The molecule has 1 aromatic rings. The van der Waals surface area contributed by atoms with Crippen LogP contribution in [0.2, 0.25) is 0 Å². The molecular formula is C20H31N3O4. The zero-order valence-corrected chi connectivity index (χ0v) is 16.5. The summed E-state index contributed by atoms with van der Waals surface area (Å²) in [6.07, 6.45) is 2.04. The van der Waals surface area contributed by atoms with Crippen LogP contribution in [0.3, 0.4) is 0 Å². The number of ether oxygens (including phenoxy) is 2. The first-order valence-electron chi connectivity index (χ1n) is 9.69. The van der Waals surface area contributed by atoms with Crippen LogP contribution in [-0.2, 0) is 9.53 Å². The first kappa shape index (κ1) is 21.0. The Hall–Kier alpha value is -2.28. The summed E-state index contributed by atoms with van der Waals surface area (Å²) in [5.74, 6) is 0.766. The monoisotopic (exact) mass is 377 g/mol. The molecule has 1 saturated heterocycles. The Balaban J connectivity index is 1.63. The molecule has 2 N–H and O–H groups in total. The first-order chi connectivity index (χ1) is 13.0. The molecular weight excluding hydrogens is 346 g/mol. The van der Waals surface area contributed by atoms with Crippen LogP contribution >= 0.6 is 0 Å². The van der Waals surface area contributed by atoms with Gasteiger partial charge < -0.3 is 25.0 Å². The van der Waals surface area contributed by atoms with Crippen LogP contribution in [0, 0.1) is 0 Å². The lowest BCUT2D eigenvalue weighted by Crippen LogP contribution is -2.45. The summed E-state index contributed by atoms with van der Waals surface area (Å²) in [6, 6.07) is 7.72. The maximum absolute atomic E-state index is 12.1. The highest BCUT2D eigenvalue weighted by Gasteiger charge is 2.23. The minimum Gasteiger partial charge on any atom is -0.491 e. The van der Waals surface area contributed by atoms with Crippen LogP contribution in [0.4, 0.5) is 10.5 Å². The fourth-order valence-electron chi connectivity index (χ4n) is 2.98. The molecule has 0 aromatic heterocycles. The lowest BCUT2D eigenvalue weighted by atomic mass is 10.1. The zero-order valence-electron chi connectivity index (χ0n) is 16.5. The standard InChI is InChI=1S/C20H31N3O4/c1-4-26-20(25)23-13-10-16(11-14-23)21-12-9-19(24)22-17-5-7-18(8-6-17)27-15(2)3/h5-8,15-16,21H,4,9-14H2,1-3H3,(H,22,24). The molecule has 0 atom stereocenters. The Labute approximate surface area is 161 Å². The second kappa shape index (κ2) is 10.8. The average molecular weight is 377 g/mol. The van der Waals surface area contributed by atoms with Crippen LogP contribution in [0.1, 0.15) is 40.0 Å². The second-order valence-electron chi connectivity index (χ2n) is 6.90. The predicted molar refractivity (Wildman–Crippen MR) is 105 cm³/mol. The van der Waals surface area contributed by atoms with E-state index in [1.807, 2.05) is 45.0 Å². The molecule has 27 heavy (non-hydrogen) atoms. The van der Waals surface area contributed by atoms with Crippen molar-refractivity contribution in [1.82, 2.24) is 10.2 Å². The van der Waals surface area contributed by atoms with E-state index in [0.717, 1.165) is 24.3 Å². The fourth-order valence-corrected chi connectivity index (χ4v) is 2.98. The van der Waals surface area contributed by atoms with Gasteiger partial charge in [0.15, 0.2) is 0 Å².